The molecule has 0 radical (unpaired) electrons. The van der Waals surface area contributed by atoms with Crippen molar-refractivity contribution >= 4 is 27.2 Å². The number of nitrogen functional groups attached to an aromatic ring is 1. The molecule has 39 heavy (non-hydrogen) atoms. The molecule has 1 unspecified atom stereocenters. The van der Waals surface area contributed by atoms with Gasteiger partial charge in [-0.25, -0.2) is 13.4 Å². The molecule has 5 heterocycles. The SMILES string of the molecule is C[C@H](O)C(=O)N1[C@@H]2CC[C@H]1CC(c1nc3c(-c4ccc(-c5ccccc5)nc4)cnn3c(N)c1S(C)(=O)=O)C2. The number of aromatic nitrogens is 4. The van der Waals surface area contributed by atoms with Crippen molar-refractivity contribution in [3.05, 3.63) is 60.6 Å². The monoisotopic (exact) mass is 546 g/mol. The number of fused-ring (bicyclic) bond motifs is 3. The van der Waals surface area contributed by atoms with Gasteiger partial charge in [-0.3, -0.25) is 9.78 Å². The normalized spacial score (nSPS) is 21.8. The van der Waals surface area contributed by atoms with Crippen LogP contribution < -0.4 is 5.73 Å². The number of nitrogens with two attached hydrogens (primary N) is 1. The minimum atomic E-state index is -3.74. The maximum atomic E-state index is 13.0. The van der Waals surface area contributed by atoms with Crippen LogP contribution in [-0.2, 0) is 14.6 Å². The Hall–Kier alpha value is -3.83. The van der Waals surface area contributed by atoms with Crippen molar-refractivity contribution in [1.29, 1.82) is 0 Å². The second-order valence-electron chi connectivity index (χ2n) is 10.6. The third kappa shape index (κ3) is 4.35. The van der Waals surface area contributed by atoms with Gasteiger partial charge in [0.15, 0.2) is 15.5 Å². The summed E-state index contributed by atoms with van der Waals surface area (Å²) in [5.41, 5.74) is 10.7. The predicted octanol–water partition coefficient (Wildman–Crippen LogP) is 3.06. The molecule has 11 heteroatoms. The van der Waals surface area contributed by atoms with Crippen molar-refractivity contribution in [3.8, 4) is 22.4 Å². The van der Waals surface area contributed by atoms with Gasteiger partial charge < -0.3 is 15.7 Å². The van der Waals surface area contributed by atoms with E-state index in [0.717, 1.165) is 35.9 Å². The van der Waals surface area contributed by atoms with Gasteiger partial charge in [-0.2, -0.15) is 9.61 Å². The average molecular weight is 547 g/mol. The second kappa shape index (κ2) is 9.42. The molecule has 4 atom stereocenters. The fraction of sp³-hybridized carbons (Fsp3) is 0.357. The Morgan fingerprint density at radius 1 is 1.05 bits per heavy atom. The van der Waals surface area contributed by atoms with E-state index < -0.39 is 15.9 Å². The van der Waals surface area contributed by atoms with Crippen LogP contribution in [0, 0.1) is 0 Å². The molecule has 0 aliphatic carbocycles. The zero-order chi connectivity index (χ0) is 27.5. The number of anilines is 1. The molecule has 3 N–H and O–H groups in total. The maximum absolute atomic E-state index is 13.0. The predicted molar refractivity (Wildman–Crippen MR) is 146 cm³/mol. The Morgan fingerprint density at radius 3 is 2.33 bits per heavy atom. The molecule has 202 valence electrons. The molecule has 0 spiro atoms. The number of carbonyl (C=O) groups is 1. The first-order valence-electron chi connectivity index (χ1n) is 13.0. The molecular weight excluding hydrogens is 516 g/mol. The third-order valence-corrected chi connectivity index (χ3v) is 9.07. The molecule has 3 aromatic heterocycles. The van der Waals surface area contributed by atoms with Gasteiger partial charge in [0, 0.05) is 47.1 Å². The summed E-state index contributed by atoms with van der Waals surface area (Å²) >= 11 is 0. The van der Waals surface area contributed by atoms with Crippen LogP contribution in [0.5, 0.6) is 0 Å². The number of nitrogens with zero attached hydrogens (tertiary/aromatic N) is 5. The van der Waals surface area contributed by atoms with E-state index in [1.807, 2.05) is 42.5 Å². The largest absolute Gasteiger partial charge is 0.384 e. The van der Waals surface area contributed by atoms with Crippen LogP contribution in [0.25, 0.3) is 28.0 Å². The standard InChI is InChI=1S/C28H30N6O4S/c1-16(35)28(36)33-20-9-10-21(33)13-19(12-20)24-25(39(2,37)38)26(29)34-27(32-24)22(15-31-34)18-8-11-23(30-14-18)17-6-4-3-5-7-17/h3-8,11,14-16,19-21,35H,9-10,12-13,29H2,1-2H3/t16-,19?,20-,21+/m0/s1. The quantitative estimate of drug-likeness (QED) is 0.389. The zero-order valence-electron chi connectivity index (χ0n) is 21.7. The van der Waals surface area contributed by atoms with Gasteiger partial charge in [0.2, 0.25) is 0 Å². The number of carbonyl (C=O) groups excluding carboxylic acids is 1. The minimum absolute atomic E-state index is 0.0121. The lowest BCUT2D eigenvalue weighted by Gasteiger charge is -2.39. The van der Waals surface area contributed by atoms with Crippen LogP contribution in [0.3, 0.4) is 0 Å². The number of benzene rings is 1. The number of amides is 1. The molecule has 2 aliphatic rings. The highest BCUT2D eigenvalue weighted by atomic mass is 32.2. The molecule has 2 aliphatic heterocycles. The molecule has 1 aromatic carbocycles. The van der Waals surface area contributed by atoms with Gasteiger partial charge in [0.1, 0.15) is 16.8 Å². The summed E-state index contributed by atoms with van der Waals surface area (Å²) in [5.74, 6) is -0.469. The number of pyridine rings is 1. The minimum Gasteiger partial charge on any atom is -0.384 e. The van der Waals surface area contributed by atoms with E-state index in [1.54, 1.807) is 17.3 Å². The van der Waals surface area contributed by atoms with E-state index in [0.29, 0.717) is 29.7 Å². The lowest BCUT2D eigenvalue weighted by molar-refractivity contribution is -0.144. The number of piperidine rings is 1. The number of hydrogen-bond donors (Lipinski definition) is 2. The van der Waals surface area contributed by atoms with Gasteiger partial charge in [-0.15, -0.1) is 0 Å². The van der Waals surface area contributed by atoms with Crippen LogP contribution in [0.4, 0.5) is 5.82 Å². The molecular formula is C28H30N6O4S. The van der Waals surface area contributed by atoms with Crippen molar-refractivity contribution in [1.82, 2.24) is 24.5 Å². The summed E-state index contributed by atoms with van der Waals surface area (Å²) in [5, 5.41) is 14.3. The molecule has 1 amide bonds. The number of sulfone groups is 1. The summed E-state index contributed by atoms with van der Waals surface area (Å²) in [4.78, 5) is 24.0. The van der Waals surface area contributed by atoms with E-state index in [1.165, 1.54) is 11.4 Å². The highest BCUT2D eigenvalue weighted by molar-refractivity contribution is 7.91. The fourth-order valence-corrected chi connectivity index (χ4v) is 7.25. The van der Waals surface area contributed by atoms with Crippen molar-refractivity contribution < 1.29 is 18.3 Å². The van der Waals surface area contributed by atoms with Crippen LogP contribution >= 0.6 is 0 Å². The Kier molecular flexibility index (Phi) is 6.15. The highest BCUT2D eigenvalue weighted by Gasteiger charge is 2.46. The van der Waals surface area contributed by atoms with E-state index in [9.17, 15) is 18.3 Å². The van der Waals surface area contributed by atoms with Gasteiger partial charge in [-0.05, 0) is 38.7 Å². The average Bonchev–Trinajstić information content (AvgIpc) is 3.46. The summed E-state index contributed by atoms with van der Waals surface area (Å²) in [7, 11) is -3.74. The van der Waals surface area contributed by atoms with E-state index in [-0.39, 0.29) is 34.6 Å². The molecule has 2 saturated heterocycles. The summed E-state index contributed by atoms with van der Waals surface area (Å²) < 4.78 is 27.3. The van der Waals surface area contributed by atoms with Gasteiger partial charge in [0.25, 0.3) is 5.91 Å². The van der Waals surface area contributed by atoms with Crippen LogP contribution in [0.2, 0.25) is 0 Å². The number of rotatable bonds is 5. The van der Waals surface area contributed by atoms with Gasteiger partial charge >= 0.3 is 0 Å². The first-order chi connectivity index (χ1) is 18.6. The van der Waals surface area contributed by atoms with E-state index in [4.69, 9.17) is 10.7 Å². The summed E-state index contributed by atoms with van der Waals surface area (Å²) in [6.07, 6.45) is 6.16. The Labute approximate surface area is 226 Å². The molecule has 2 bridgehead atoms. The molecule has 0 saturated carbocycles. The molecule has 4 aromatic rings. The van der Waals surface area contributed by atoms with Crippen molar-refractivity contribution in [2.75, 3.05) is 12.0 Å². The molecule has 6 rings (SSSR count). The number of hydrogen-bond acceptors (Lipinski definition) is 8. The van der Waals surface area contributed by atoms with Crippen LogP contribution in [0.15, 0.2) is 59.8 Å². The van der Waals surface area contributed by atoms with Gasteiger partial charge in [0.05, 0.1) is 17.6 Å². The summed E-state index contributed by atoms with van der Waals surface area (Å²) in [6.45, 7) is 1.48. The second-order valence-corrected chi connectivity index (χ2v) is 12.5. The number of aliphatic hydroxyl groups excluding tert-OH is 1. The lowest BCUT2D eigenvalue weighted by Crippen LogP contribution is -2.49. The zero-order valence-corrected chi connectivity index (χ0v) is 22.5. The topological polar surface area (TPSA) is 144 Å². The van der Waals surface area contributed by atoms with E-state index >= 15 is 0 Å². The van der Waals surface area contributed by atoms with E-state index in [2.05, 4.69) is 10.1 Å². The molecule has 10 nitrogen and oxygen atoms in total. The first-order valence-corrected chi connectivity index (χ1v) is 14.9. The van der Waals surface area contributed by atoms with Crippen molar-refractivity contribution in [2.45, 2.75) is 61.6 Å². The summed E-state index contributed by atoms with van der Waals surface area (Å²) in [6, 6.07) is 13.6. The number of aliphatic hydroxyl groups is 1. The smallest absolute Gasteiger partial charge is 0.251 e. The van der Waals surface area contributed by atoms with Crippen LogP contribution in [0.1, 0.15) is 44.2 Å². The Bertz CT molecular complexity index is 1650. The van der Waals surface area contributed by atoms with Gasteiger partial charge in [-0.1, -0.05) is 36.4 Å². The Balaban J connectivity index is 1.43. The Morgan fingerprint density at radius 2 is 1.74 bits per heavy atom. The van der Waals surface area contributed by atoms with Crippen LogP contribution in [-0.4, -0.2) is 68.4 Å². The van der Waals surface area contributed by atoms with Crippen molar-refractivity contribution in [2.24, 2.45) is 0 Å². The maximum Gasteiger partial charge on any atom is 0.251 e. The highest BCUT2D eigenvalue weighted by Crippen LogP contribution is 2.45. The third-order valence-electron chi connectivity index (χ3n) is 7.91. The lowest BCUT2D eigenvalue weighted by atomic mass is 9.87. The first kappa shape index (κ1) is 25.4. The van der Waals surface area contributed by atoms with Crippen molar-refractivity contribution in [3.63, 3.8) is 0 Å². The molecule has 2 fully saturated rings. The fourth-order valence-electron chi connectivity index (χ4n) is 6.19.